The van der Waals surface area contributed by atoms with Gasteiger partial charge in [0.25, 0.3) is 0 Å². The van der Waals surface area contributed by atoms with E-state index >= 15 is 0 Å². The Morgan fingerprint density at radius 1 is 1.19 bits per heavy atom. The molecule has 1 aromatic carbocycles. The number of amides is 3. The second-order valence-electron chi connectivity index (χ2n) is 4.85. The summed E-state index contributed by atoms with van der Waals surface area (Å²) >= 11 is 0. The molecule has 4 N–H and O–H groups in total. The van der Waals surface area contributed by atoms with Crippen LogP contribution in [0.1, 0.15) is 24.4 Å². The summed E-state index contributed by atoms with van der Waals surface area (Å²) in [5, 5.41) is 16.6. The number of aliphatic carboxylic acids is 1. The first-order chi connectivity index (χ1) is 10.1. The number of carbonyl (C=O) groups excluding carboxylic acids is 2. The first kappa shape index (κ1) is 14.8. The molecule has 1 atom stereocenters. The molecule has 7 nitrogen and oxygen atoms in total. The molecule has 21 heavy (non-hydrogen) atoms. The fraction of sp³-hybridized carbons (Fsp3) is 0.357. The number of carboxylic acid groups (broad SMARTS) is 1. The van der Waals surface area contributed by atoms with Gasteiger partial charge in [-0.05, 0) is 18.4 Å². The summed E-state index contributed by atoms with van der Waals surface area (Å²) in [4.78, 5) is 34.3. The van der Waals surface area contributed by atoms with Gasteiger partial charge in [0, 0.05) is 6.04 Å². The highest BCUT2D eigenvalue weighted by Gasteiger charge is 2.24. The molecule has 0 aliphatic heterocycles. The van der Waals surface area contributed by atoms with Gasteiger partial charge in [0.1, 0.15) is 0 Å². The van der Waals surface area contributed by atoms with Crippen LogP contribution in [-0.4, -0.2) is 35.6 Å². The normalized spacial score (nSPS) is 14.9. The molecule has 1 fully saturated rings. The summed E-state index contributed by atoms with van der Waals surface area (Å²) in [6.07, 6.45) is 1.93. The van der Waals surface area contributed by atoms with Gasteiger partial charge in [-0.1, -0.05) is 30.3 Å². The standard InChI is InChI=1S/C14H17N3O4/c18-11(16-10-6-7-10)8-15-14(21)17-12(13(19)20)9-4-2-1-3-5-9/h1-5,10,12H,6-8H2,(H,16,18)(H,19,20)(H2,15,17,21). The molecule has 0 saturated heterocycles. The van der Waals surface area contributed by atoms with Crippen LogP contribution in [0, 0.1) is 0 Å². The van der Waals surface area contributed by atoms with E-state index in [1.165, 1.54) is 0 Å². The number of benzene rings is 1. The molecular weight excluding hydrogens is 274 g/mol. The van der Waals surface area contributed by atoms with Gasteiger partial charge in [0.2, 0.25) is 5.91 Å². The fourth-order valence-corrected chi connectivity index (χ4v) is 1.78. The number of urea groups is 1. The first-order valence-electron chi connectivity index (χ1n) is 6.67. The molecule has 0 radical (unpaired) electrons. The van der Waals surface area contributed by atoms with E-state index in [0.29, 0.717) is 5.56 Å². The molecule has 112 valence electrons. The quantitative estimate of drug-likeness (QED) is 0.608. The third kappa shape index (κ3) is 4.79. The molecule has 1 aromatic rings. The Bertz CT molecular complexity index is 528. The van der Waals surface area contributed by atoms with Gasteiger partial charge in [-0.15, -0.1) is 0 Å². The van der Waals surface area contributed by atoms with Crippen LogP contribution in [0.15, 0.2) is 30.3 Å². The Labute approximate surface area is 121 Å². The van der Waals surface area contributed by atoms with Crippen LogP contribution in [0.5, 0.6) is 0 Å². The summed E-state index contributed by atoms with van der Waals surface area (Å²) in [7, 11) is 0. The van der Waals surface area contributed by atoms with Crippen LogP contribution < -0.4 is 16.0 Å². The number of carbonyl (C=O) groups is 3. The van der Waals surface area contributed by atoms with Crippen LogP contribution in [0.25, 0.3) is 0 Å². The Balaban J connectivity index is 1.83. The average molecular weight is 291 g/mol. The molecule has 0 spiro atoms. The molecule has 0 bridgehead atoms. The lowest BCUT2D eigenvalue weighted by Gasteiger charge is -2.15. The lowest BCUT2D eigenvalue weighted by Crippen LogP contribution is -2.45. The van der Waals surface area contributed by atoms with Gasteiger partial charge >= 0.3 is 12.0 Å². The maximum atomic E-state index is 11.7. The maximum absolute atomic E-state index is 11.7. The minimum absolute atomic E-state index is 0.177. The minimum atomic E-state index is -1.17. The third-order valence-corrected chi connectivity index (χ3v) is 3.01. The number of nitrogens with one attached hydrogen (secondary N) is 3. The molecule has 1 aliphatic rings. The highest BCUT2D eigenvalue weighted by Crippen LogP contribution is 2.18. The number of rotatable bonds is 6. The molecule has 0 aromatic heterocycles. The second-order valence-corrected chi connectivity index (χ2v) is 4.85. The maximum Gasteiger partial charge on any atom is 0.330 e. The molecule has 1 aliphatic carbocycles. The highest BCUT2D eigenvalue weighted by atomic mass is 16.4. The second kappa shape index (κ2) is 6.74. The van der Waals surface area contributed by atoms with Crippen molar-refractivity contribution in [2.24, 2.45) is 0 Å². The van der Waals surface area contributed by atoms with E-state index in [2.05, 4.69) is 16.0 Å². The lowest BCUT2D eigenvalue weighted by atomic mass is 10.1. The van der Waals surface area contributed by atoms with Crippen molar-refractivity contribution in [3.8, 4) is 0 Å². The van der Waals surface area contributed by atoms with E-state index in [9.17, 15) is 14.4 Å². The predicted molar refractivity (Wildman–Crippen MR) is 74.5 cm³/mol. The van der Waals surface area contributed by atoms with Crippen LogP contribution in [-0.2, 0) is 9.59 Å². The number of hydrogen-bond donors (Lipinski definition) is 4. The van der Waals surface area contributed by atoms with Gasteiger partial charge in [-0.2, -0.15) is 0 Å². The molecule has 7 heteroatoms. The SMILES string of the molecule is O=C(CNC(=O)NC(C(=O)O)c1ccccc1)NC1CC1. The van der Waals surface area contributed by atoms with E-state index in [-0.39, 0.29) is 18.5 Å². The summed E-state index contributed by atoms with van der Waals surface area (Å²) in [6.45, 7) is -0.177. The van der Waals surface area contributed by atoms with Crippen LogP contribution in [0.3, 0.4) is 0 Å². The summed E-state index contributed by atoms with van der Waals surface area (Å²) in [5.74, 6) is -1.45. The van der Waals surface area contributed by atoms with Crippen molar-refractivity contribution in [3.63, 3.8) is 0 Å². The molecule has 2 rings (SSSR count). The van der Waals surface area contributed by atoms with Crippen LogP contribution in [0.4, 0.5) is 4.79 Å². The predicted octanol–water partition coefficient (Wildman–Crippen LogP) is 0.390. The average Bonchev–Trinajstić information content (AvgIpc) is 3.27. The van der Waals surface area contributed by atoms with Crippen molar-refractivity contribution >= 4 is 17.9 Å². The van der Waals surface area contributed by atoms with Crippen molar-refractivity contribution < 1.29 is 19.5 Å². The Hall–Kier alpha value is -2.57. The summed E-state index contributed by atoms with van der Waals surface area (Å²) < 4.78 is 0. The zero-order valence-electron chi connectivity index (χ0n) is 11.3. The Morgan fingerprint density at radius 3 is 2.43 bits per heavy atom. The van der Waals surface area contributed by atoms with E-state index in [1.807, 2.05) is 0 Å². The van der Waals surface area contributed by atoms with Crippen molar-refractivity contribution in [3.05, 3.63) is 35.9 Å². The van der Waals surface area contributed by atoms with Crippen molar-refractivity contribution in [1.29, 1.82) is 0 Å². The van der Waals surface area contributed by atoms with Gasteiger partial charge in [0.15, 0.2) is 6.04 Å². The van der Waals surface area contributed by atoms with E-state index < -0.39 is 18.0 Å². The van der Waals surface area contributed by atoms with Crippen LogP contribution >= 0.6 is 0 Å². The summed E-state index contributed by atoms with van der Waals surface area (Å²) in [5.41, 5.74) is 0.461. The fourth-order valence-electron chi connectivity index (χ4n) is 1.78. The van der Waals surface area contributed by atoms with E-state index in [0.717, 1.165) is 12.8 Å². The van der Waals surface area contributed by atoms with E-state index in [4.69, 9.17) is 5.11 Å². The third-order valence-electron chi connectivity index (χ3n) is 3.01. The minimum Gasteiger partial charge on any atom is -0.479 e. The molecule has 1 saturated carbocycles. The highest BCUT2D eigenvalue weighted by molar-refractivity contribution is 5.87. The van der Waals surface area contributed by atoms with Gasteiger partial charge in [-0.25, -0.2) is 9.59 Å². The zero-order chi connectivity index (χ0) is 15.2. The van der Waals surface area contributed by atoms with Gasteiger partial charge in [0.05, 0.1) is 6.54 Å². The molecule has 0 heterocycles. The van der Waals surface area contributed by atoms with Crippen molar-refractivity contribution in [2.75, 3.05) is 6.54 Å². The van der Waals surface area contributed by atoms with Gasteiger partial charge < -0.3 is 21.1 Å². The molecule has 1 unspecified atom stereocenters. The Kier molecular flexibility index (Phi) is 4.76. The first-order valence-corrected chi connectivity index (χ1v) is 6.67. The lowest BCUT2D eigenvalue weighted by molar-refractivity contribution is -0.139. The Morgan fingerprint density at radius 2 is 1.86 bits per heavy atom. The number of hydrogen-bond acceptors (Lipinski definition) is 3. The van der Waals surface area contributed by atoms with Gasteiger partial charge in [-0.3, -0.25) is 4.79 Å². The zero-order valence-corrected chi connectivity index (χ0v) is 11.3. The number of carboxylic acids is 1. The molecular formula is C14H17N3O4. The topological polar surface area (TPSA) is 108 Å². The van der Waals surface area contributed by atoms with E-state index in [1.54, 1.807) is 30.3 Å². The molecule has 3 amide bonds. The van der Waals surface area contributed by atoms with Crippen molar-refractivity contribution in [2.45, 2.75) is 24.9 Å². The van der Waals surface area contributed by atoms with Crippen LogP contribution in [0.2, 0.25) is 0 Å². The summed E-state index contributed by atoms with van der Waals surface area (Å²) in [6, 6.07) is 6.72. The van der Waals surface area contributed by atoms with Crippen molar-refractivity contribution in [1.82, 2.24) is 16.0 Å². The monoisotopic (exact) mass is 291 g/mol. The largest absolute Gasteiger partial charge is 0.479 e. The smallest absolute Gasteiger partial charge is 0.330 e.